The lowest BCUT2D eigenvalue weighted by Crippen LogP contribution is -2.46. The SMILES string of the molecule is Fc1ccc(NCCC23CC4CC(CC(C4)C2)C3)cn1. The second-order valence-electron chi connectivity index (χ2n) is 7.46. The van der Waals surface area contributed by atoms with Gasteiger partial charge in [0.05, 0.1) is 11.9 Å². The second-order valence-corrected chi connectivity index (χ2v) is 7.46. The molecule has 0 saturated heterocycles. The molecule has 0 aromatic carbocycles. The van der Waals surface area contributed by atoms with Gasteiger partial charge < -0.3 is 5.32 Å². The van der Waals surface area contributed by atoms with Crippen molar-refractivity contribution in [2.24, 2.45) is 23.2 Å². The summed E-state index contributed by atoms with van der Waals surface area (Å²) in [5.41, 5.74) is 1.56. The van der Waals surface area contributed by atoms with E-state index >= 15 is 0 Å². The number of hydrogen-bond acceptors (Lipinski definition) is 2. The normalized spacial score (nSPS) is 38.1. The zero-order valence-electron chi connectivity index (χ0n) is 11.9. The summed E-state index contributed by atoms with van der Waals surface area (Å²) in [4.78, 5) is 3.70. The first-order chi connectivity index (χ1) is 9.71. The van der Waals surface area contributed by atoms with Crippen LogP contribution in [0, 0.1) is 29.1 Å². The third-order valence-electron chi connectivity index (χ3n) is 5.88. The molecule has 0 spiro atoms. The highest BCUT2D eigenvalue weighted by Crippen LogP contribution is 2.61. The van der Waals surface area contributed by atoms with Gasteiger partial charge in [-0.1, -0.05) is 0 Å². The first-order valence-corrected chi connectivity index (χ1v) is 8.06. The zero-order valence-corrected chi connectivity index (χ0v) is 11.9. The first kappa shape index (κ1) is 12.6. The van der Waals surface area contributed by atoms with Gasteiger partial charge in [0, 0.05) is 6.54 Å². The Labute approximate surface area is 120 Å². The van der Waals surface area contributed by atoms with Crippen molar-refractivity contribution in [1.82, 2.24) is 4.98 Å². The molecule has 4 aliphatic rings. The van der Waals surface area contributed by atoms with Gasteiger partial charge in [0.1, 0.15) is 0 Å². The number of aromatic nitrogens is 1. The Morgan fingerprint density at radius 3 is 2.30 bits per heavy atom. The summed E-state index contributed by atoms with van der Waals surface area (Å²) < 4.78 is 12.8. The van der Waals surface area contributed by atoms with Crippen LogP contribution < -0.4 is 5.32 Å². The average Bonchev–Trinajstić information content (AvgIpc) is 2.39. The first-order valence-electron chi connectivity index (χ1n) is 8.06. The summed E-state index contributed by atoms with van der Waals surface area (Å²) in [7, 11) is 0. The highest BCUT2D eigenvalue weighted by molar-refractivity contribution is 5.39. The Balaban J connectivity index is 1.36. The highest BCUT2D eigenvalue weighted by atomic mass is 19.1. The van der Waals surface area contributed by atoms with Crippen molar-refractivity contribution in [2.45, 2.75) is 44.9 Å². The van der Waals surface area contributed by atoms with Crippen LogP contribution in [-0.2, 0) is 0 Å². The van der Waals surface area contributed by atoms with E-state index < -0.39 is 5.95 Å². The summed E-state index contributed by atoms with van der Waals surface area (Å²) in [6.07, 6.45) is 11.8. The van der Waals surface area contributed by atoms with Crippen molar-refractivity contribution in [2.75, 3.05) is 11.9 Å². The van der Waals surface area contributed by atoms with E-state index in [1.807, 2.05) is 0 Å². The molecule has 2 nitrogen and oxygen atoms in total. The van der Waals surface area contributed by atoms with Crippen LogP contribution in [-0.4, -0.2) is 11.5 Å². The second kappa shape index (κ2) is 4.71. The molecule has 4 aliphatic carbocycles. The van der Waals surface area contributed by atoms with Gasteiger partial charge in [-0.25, -0.2) is 4.98 Å². The van der Waals surface area contributed by atoms with E-state index in [1.165, 1.54) is 51.0 Å². The van der Waals surface area contributed by atoms with Crippen molar-refractivity contribution in [3.05, 3.63) is 24.3 Å². The maximum Gasteiger partial charge on any atom is 0.212 e. The third kappa shape index (κ3) is 2.32. The number of hydrogen-bond donors (Lipinski definition) is 1. The van der Waals surface area contributed by atoms with Crippen molar-refractivity contribution in [1.29, 1.82) is 0 Å². The molecule has 3 heteroatoms. The Morgan fingerprint density at radius 1 is 1.10 bits per heavy atom. The van der Waals surface area contributed by atoms with Crippen molar-refractivity contribution >= 4 is 5.69 Å². The maximum absolute atomic E-state index is 12.8. The predicted molar refractivity (Wildman–Crippen MR) is 77.9 cm³/mol. The average molecular weight is 274 g/mol. The Kier molecular flexibility index (Phi) is 2.97. The van der Waals surface area contributed by atoms with E-state index in [0.717, 1.165) is 30.0 Å². The summed E-state index contributed by atoms with van der Waals surface area (Å²) in [5.74, 6) is 2.66. The summed E-state index contributed by atoms with van der Waals surface area (Å²) in [5, 5.41) is 3.42. The van der Waals surface area contributed by atoms with Crippen LogP contribution in [0.4, 0.5) is 10.1 Å². The van der Waals surface area contributed by atoms with E-state index in [9.17, 15) is 4.39 Å². The van der Waals surface area contributed by atoms with E-state index in [1.54, 1.807) is 12.3 Å². The molecule has 4 bridgehead atoms. The monoisotopic (exact) mass is 274 g/mol. The molecule has 0 unspecified atom stereocenters. The van der Waals surface area contributed by atoms with Crippen LogP contribution in [0.15, 0.2) is 18.3 Å². The Hall–Kier alpha value is -1.12. The fraction of sp³-hybridized carbons (Fsp3) is 0.706. The van der Waals surface area contributed by atoms with Gasteiger partial charge >= 0.3 is 0 Å². The highest BCUT2D eigenvalue weighted by Gasteiger charge is 2.50. The molecule has 4 fully saturated rings. The minimum atomic E-state index is -0.406. The van der Waals surface area contributed by atoms with Crippen LogP contribution in [0.1, 0.15) is 44.9 Å². The molecule has 0 atom stereocenters. The molecular formula is C17H23FN2. The van der Waals surface area contributed by atoms with Crippen LogP contribution in [0.25, 0.3) is 0 Å². The Morgan fingerprint density at radius 2 is 1.75 bits per heavy atom. The number of halogens is 1. The minimum Gasteiger partial charge on any atom is -0.384 e. The van der Waals surface area contributed by atoms with Gasteiger partial charge in [0.25, 0.3) is 0 Å². The van der Waals surface area contributed by atoms with Gasteiger partial charge in [-0.3, -0.25) is 0 Å². The lowest BCUT2D eigenvalue weighted by Gasteiger charge is -2.57. The van der Waals surface area contributed by atoms with Crippen LogP contribution >= 0.6 is 0 Å². The third-order valence-corrected chi connectivity index (χ3v) is 5.88. The fourth-order valence-corrected chi connectivity index (χ4v) is 5.55. The van der Waals surface area contributed by atoms with Crippen LogP contribution in [0.5, 0.6) is 0 Å². The Bertz CT molecular complexity index is 447. The molecule has 5 rings (SSSR count). The van der Waals surface area contributed by atoms with Gasteiger partial charge in [0.2, 0.25) is 5.95 Å². The number of anilines is 1. The molecule has 1 aromatic rings. The molecule has 108 valence electrons. The number of nitrogens with zero attached hydrogens (tertiary/aromatic N) is 1. The number of rotatable bonds is 4. The molecule has 0 amide bonds. The smallest absolute Gasteiger partial charge is 0.212 e. The van der Waals surface area contributed by atoms with Crippen LogP contribution in [0.3, 0.4) is 0 Å². The van der Waals surface area contributed by atoms with Crippen molar-refractivity contribution < 1.29 is 4.39 Å². The molecule has 20 heavy (non-hydrogen) atoms. The van der Waals surface area contributed by atoms with Crippen LogP contribution in [0.2, 0.25) is 0 Å². The van der Waals surface area contributed by atoms with E-state index in [2.05, 4.69) is 10.3 Å². The molecule has 0 radical (unpaired) electrons. The molecular weight excluding hydrogens is 251 g/mol. The molecule has 0 aliphatic heterocycles. The van der Waals surface area contributed by atoms with E-state index in [0.29, 0.717) is 5.41 Å². The predicted octanol–water partition coefficient (Wildman–Crippen LogP) is 4.24. The summed E-state index contributed by atoms with van der Waals surface area (Å²) in [6, 6.07) is 3.20. The van der Waals surface area contributed by atoms with E-state index in [-0.39, 0.29) is 0 Å². The van der Waals surface area contributed by atoms with Gasteiger partial charge in [0.15, 0.2) is 0 Å². The topological polar surface area (TPSA) is 24.9 Å². The lowest BCUT2D eigenvalue weighted by atomic mass is 9.49. The summed E-state index contributed by atoms with van der Waals surface area (Å²) in [6.45, 7) is 0.999. The number of nitrogens with one attached hydrogen (secondary N) is 1. The van der Waals surface area contributed by atoms with Gasteiger partial charge in [-0.15, -0.1) is 0 Å². The fourth-order valence-electron chi connectivity index (χ4n) is 5.55. The van der Waals surface area contributed by atoms with Gasteiger partial charge in [-0.2, -0.15) is 4.39 Å². The van der Waals surface area contributed by atoms with Crippen molar-refractivity contribution in [3.8, 4) is 0 Å². The van der Waals surface area contributed by atoms with Gasteiger partial charge in [-0.05, 0) is 80.2 Å². The quantitative estimate of drug-likeness (QED) is 0.831. The summed E-state index contributed by atoms with van der Waals surface area (Å²) >= 11 is 0. The molecule has 1 heterocycles. The van der Waals surface area contributed by atoms with E-state index in [4.69, 9.17) is 0 Å². The lowest BCUT2D eigenvalue weighted by molar-refractivity contribution is -0.0552. The number of pyridine rings is 1. The maximum atomic E-state index is 12.8. The molecule has 1 N–H and O–H groups in total. The van der Waals surface area contributed by atoms with Crippen molar-refractivity contribution in [3.63, 3.8) is 0 Å². The largest absolute Gasteiger partial charge is 0.384 e. The zero-order chi connectivity index (χ0) is 13.6. The molecule has 1 aromatic heterocycles. The standard InChI is InChI=1S/C17H23FN2/c18-16-2-1-15(11-20-16)19-4-3-17-8-12-5-13(9-17)7-14(6-12)10-17/h1-2,11-14,19H,3-10H2. The molecule has 4 saturated carbocycles. The minimum absolute atomic E-state index is 0.406.